The van der Waals surface area contributed by atoms with E-state index in [4.69, 9.17) is 9.47 Å². The lowest BCUT2D eigenvalue weighted by molar-refractivity contribution is 0.207. The number of hydrogen-bond donors (Lipinski definition) is 1. The van der Waals surface area contributed by atoms with Crippen molar-refractivity contribution in [3.8, 4) is 11.6 Å². The minimum absolute atomic E-state index is 0.293. The maximum absolute atomic E-state index is 13.3. The summed E-state index contributed by atoms with van der Waals surface area (Å²) >= 11 is 0. The normalized spacial score (nSPS) is 12.0. The van der Waals surface area contributed by atoms with E-state index < -0.39 is 11.9 Å². The lowest BCUT2D eigenvalue weighted by Crippen LogP contribution is -2.06. The van der Waals surface area contributed by atoms with Crippen molar-refractivity contribution in [2.75, 3.05) is 14.2 Å². The summed E-state index contributed by atoms with van der Waals surface area (Å²) in [5.74, 6) is 0.249. The summed E-state index contributed by atoms with van der Waals surface area (Å²) in [5.41, 5.74) is 0.780. The van der Waals surface area contributed by atoms with E-state index in [-0.39, 0.29) is 0 Å². The van der Waals surface area contributed by atoms with Gasteiger partial charge in [0.15, 0.2) is 0 Å². The Morgan fingerprint density at radius 3 is 2.63 bits per heavy atom. The summed E-state index contributed by atoms with van der Waals surface area (Å²) in [5, 5.41) is 10.4. The van der Waals surface area contributed by atoms with Crippen molar-refractivity contribution < 1.29 is 19.0 Å². The second kappa shape index (κ2) is 5.67. The molecule has 4 nitrogen and oxygen atoms in total. The molecule has 19 heavy (non-hydrogen) atoms. The molecule has 0 fully saturated rings. The molecule has 1 aromatic carbocycles. The predicted molar refractivity (Wildman–Crippen MR) is 67.8 cm³/mol. The van der Waals surface area contributed by atoms with Gasteiger partial charge in [-0.15, -0.1) is 0 Å². The van der Waals surface area contributed by atoms with Gasteiger partial charge in [-0.05, 0) is 30.3 Å². The van der Waals surface area contributed by atoms with Crippen molar-refractivity contribution in [2.24, 2.45) is 0 Å². The molecule has 0 saturated heterocycles. The van der Waals surface area contributed by atoms with E-state index in [2.05, 4.69) is 4.98 Å². The van der Waals surface area contributed by atoms with Crippen LogP contribution in [0.3, 0.4) is 0 Å². The van der Waals surface area contributed by atoms with Crippen molar-refractivity contribution in [2.45, 2.75) is 6.10 Å². The molecule has 1 atom stereocenters. The zero-order valence-corrected chi connectivity index (χ0v) is 10.6. The fourth-order valence-corrected chi connectivity index (χ4v) is 1.87. The average molecular weight is 263 g/mol. The maximum atomic E-state index is 13.3. The number of aromatic nitrogens is 1. The maximum Gasteiger partial charge on any atom is 0.219 e. The van der Waals surface area contributed by atoms with Gasteiger partial charge in [-0.25, -0.2) is 9.37 Å². The van der Waals surface area contributed by atoms with Gasteiger partial charge in [-0.2, -0.15) is 0 Å². The van der Waals surface area contributed by atoms with E-state index in [0.717, 1.165) is 0 Å². The Balaban J connectivity index is 2.49. The second-order valence-electron chi connectivity index (χ2n) is 3.89. The van der Waals surface area contributed by atoms with Gasteiger partial charge in [0.2, 0.25) is 5.88 Å². The molecule has 0 spiro atoms. The van der Waals surface area contributed by atoms with Crippen LogP contribution in [0.1, 0.15) is 17.2 Å². The van der Waals surface area contributed by atoms with Gasteiger partial charge in [0, 0.05) is 17.3 Å². The number of halogens is 1. The molecule has 0 aliphatic rings. The summed E-state index contributed by atoms with van der Waals surface area (Å²) in [7, 11) is 2.92. The first-order chi connectivity index (χ1) is 9.17. The second-order valence-corrected chi connectivity index (χ2v) is 3.89. The molecule has 0 amide bonds. The fourth-order valence-electron chi connectivity index (χ4n) is 1.87. The van der Waals surface area contributed by atoms with Gasteiger partial charge in [0.05, 0.1) is 14.2 Å². The summed E-state index contributed by atoms with van der Waals surface area (Å²) in [6, 6.07) is 7.32. The first-order valence-electron chi connectivity index (χ1n) is 5.67. The third-order valence-corrected chi connectivity index (χ3v) is 2.77. The smallest absolute Gasteiger partial charge is 0.219 e. The van der Waals surface area contributed by atoms with E-state index in [1.807, 2.05) is 0 Å². The predicted octanol–water partition coefficient (Wildman–Crippen LogP) is 2.32. The van der Waals surface area contributed by atoms with Crippen molar-refractivity contribution in [3.63, 3.8) is 0 Å². The van der Waals surface area contributed by atoms with Crippen LogP contribution in [0, 0.1) is 5.82 Å². The van der Waals surface area contributed by atoms with Crippen LogP contribution in [0.2, 0.25) is 0 Å². The number of rotatable bonds is 4. The average Bonchev–Trinajstić information content (AvgIpc) is 2.46. The van der Waals surface area contributed by atoms with E-state index in [1.165, 1.54) is 32.4 Å². The standard InChI is InChI=1S/C14H14FNO3/c1-18-12-6-5-9(15)8-11(12)13(17)10-4-3-7-16-14(10)19-2/h3-8,13,17H,1-2H3. The van der Waals surface area contributed by atoms with E-state index in [9.17, 15) is 9.50 Å². The molecular formula is C14H14FNO3. The SMILES string of the molecule is COc1ccc(F)cc1C(O)c1cccnc1OC. The zero-order chi connectivity index (χ0) is 13.8. The highest BCUT2D eigenvalue weighted by molar-refractivity contribution is 5.43. The number of pyridine rings is 1. The number of aliphatic hydroxyl groups is 1. The summed E-state index contributed by atoms with van der Waals surface area (Å²) in [6.07, 6.45) is 0.479. The largest absolute Gasteiger partial charge is 0.496 e. The number of ether oxygens (including phenoxy) is 2. The molecule has 0 aliphatic heterocycles. The zero-order valence-electron chi connectivity index (χ0n) is 10.6. The van der Waals surface area contributed by atoms with Gasteiger partial charge in [-0.1, -0.05) is 0 Å². The van der Waals surface area contributed by atoms with Crippen LogP contribution < -0.4 is 9.47 Å². The molecule has 1 heterocycles. The first kappa shape index (κ1) is 13.3. The molecular weight excluding hydrogens is 249 g/mol. The Morgan fingerprint density at radius 1 is 1.16 bits per heavy atom. The highest BCUT2D eigenvalue weighted by atomic mass is 19.1. The highest BCUT2D eigenvalue weighted by Crippen LogP contribution is 2.33. The van der Waals surface area contributed by atoms with Crippen LogP contribution in [-0.2, 0) is 0 Å². The van der Waals surface area contributed by atoms with Crippen LogP contribution >= 0.6 is 0 Å². The Morgan fingerprint density at radius 2 is 1.95 bits per heavy atom. The monoisotopic (exact) mass is 263 g/mol. The Hall–Kier alpha value is -2.14. The van der Waals surface area contributed by atoms with Gasteiger partial charge in [-0.3, -0.25) is 0 Å². The van der Waals surface area contributed by atoms with E-state index in [0.29, 0.717) is 22.8 Å². The number of hydrogen-bond acceptors (Lipinski definition) is 4. The molecule has 5 heteroatoms. The van der Waals surface area contributed by atoms with Crippen molar-refractivity contribution in [1.29, 1.82) is 0 Å². The van der Waals surface area contributed by atoms with E-state index in [1.54, 1.807) is 18.3 Å². The Labute approximate surface area is 110 Å². The number of methoxy groups -OCH3 is 2. The van der Waals surface area contributed by atoms with E-state index >= 15 is 0 Å². The van der Waals surface area contributed by atoms with Crippen LogP contribution in [0.4, 0.5) is 4.39 Å². The van der Waals surface area contributed by atoms with Gasteiger partial charge in [0.25, 0.3) is 0 Å². The lowest BCUT2D eigenvalue weighted by atomic mass is 10.0. The highest BCUT2D eigenvalue weighted by Gasteiger charge is 2.20. The molecule has 0 radical (unpaired) electrons. The topological polar surface area (TPSA) is 51.6 Å². The third-order valence-electron chi connectivity index (χ3n) is 2.77. The first-order valence-corrected chi connectivity index (χ1v) is 5.67. The molecule has 0 aliphatic carbocycles. The van der Waals surface area contributed by atoms with Gasteiger partial charge >= 0.3 is 0 Å². The molecule has 1 N–H and O–H groups in total. The molecule has 2 rings (SSSR count). The fraction of sp³-hybridized carbons (Fsp3) is 0.214. The molecule has 1 unspecified atom stereocenters. The minimum atomic E-state index is -1.07. The molecule has 0 saturated carbocycles. The lowest BCUT2D eigenvalue weighted by Gasteiger charge is -2.16. The number of benzene rings is 1. The molecule has 100 valence electrons. The minimum Gasteiger partial charge on any atom is -0.496 e. The molecule has 1 aromatic heterocycles. The summed E-state index contributed by atoms with van der Waals surface area (Å²) in [6.45, 7) is 0. The van der Waals surface area contributed by atoms with Crippen molar-refractivity contribution in [3.05, 3.63) is 53.5 Å². The summed E-state index contributed by atoms with van der Waals surface area (Å²) < 4.78 is 23.5. The van der Waals surface area contributed by atoms with Crippen molar-refractivity contribution >= 4 is 0 Å². The Bertz CT molecular complexity index is 574. The van der Waals surface area contributed by atoms with Crippen molar-refractivity contribution in [1.82, 2.24) is 4.98 Å². The van der Waals surface area contributed by atoms with Crippen LogP contribution in [0.25, 0.3) is 0 Å². The quantitative estimate of drug-likeness (QED) is 0.919. The van der Waals surface area contributed by atoms with Crippen LogP contribution in [0.15, 0.2) is 36.5 Å². The van der Waals surface area contributed by atoms with Gasteiger partial charge in [0.1, 0.15) is 17.7 Å². The van der Waals surface area contributed by atoms with Crippen LogP contribution in [0.5, 0.6) is 11.6 Å². The van der Waals surface area contributed by atoms with Gasteiger partial charge < -0.3 is 14.6 Å². The molecule has 0 bridgehead atoms. The molecule has 2 aromatic rings. The number of nitrogens with zero attached hydrogens (tertiary/aromatic N) is 1. The number of aliphatic hydroxyl groups excluding tert-OH is 1. The Kier molecular flexibility index (Phi) is 3.97. The van der Waals surface area contributed by atoms with Crippen LogP contribution in [-0.4, -0.2) is 24.3 Å². The summed E-state index contributed by atoms with van der Waals surface area (Å²) in [4.78, 5) is 4.00. The third kappa shape index (κ3) is 2.66.